The van der Waals surface area contributed by atoms with Crippen molar-refractivity contribution in [2.24, 2.45) is 0 Å². The lowest BCUT2D eigenvalue weighted by molar-refractivity contribution is 1.10. The van der Waals surface area contributed by atoms with Gasteiger partial charge in [0.2, 0.25) is 0 Å². The van der Waals surface area contributed by atoms with Crippen LogP contribution in [0.2, 0.25) is 5.02 Å². The summed E-state index contributed by atoms with van der Waals surface area (Å²) in [6, 6.07) is 20.3. The standard InChI is InChI=1S/C16H12ClN/c17-14-6-3-4-12(10-14)11-15-9-8-13-5-1-2-7-16(13)18-15/h1-10H,11H2. The molecule has 0 fully saturated rings. The number of benzene rings is 2. The van der Waals surface area contributed by atoms with Crippen molar-refractivity contribution in [2.45, 2.75) is 6.42 Å². The topological polar surface area (TPSA) is 12.9 Å². The largest absolute Gasteiger partial charge is 0.252 e. The van der Waals surface area contributed by atoms with Crippen molar-refractivity contribution in [1.29, 1.82) is 0 Å². The van der Waals surface area contributed by atoms with Crippen LogP contribution in [-0.2, 0) is 6.42 Å². The Labute approximate surface area is 111 Å². The average molecular weight is 254 g/mol. The van der Waals surface area contributed by atoms with Gasteiger partial charge in [-0.2, -0.15) is 0 Å². The molecule has 0 unspecified atom stereocenters. The second kappa shape index (κ2) is 4.79. The number of aromatic nitrogens is 1. The maximum Gasteiger partial charge on any atom is 0.0705 e. The van der Waals surface area contributed by atoms with Crippen molar-refractivity contribution < 1.29 is 0 Å². The van der Waals surface area contributed by atoms with Gasteiger partial charge in [0.25, 0.3) is 0 Å². The van der Waals surface area contributed by atoms with Gasteiger partial charge in [-0.15, -0.1) is 0 Å². The first kappa shape index (κ1) is 11.2. The molecule has 0 aliphatic rings. The second-order valence-corrected chi connectivity index (χ2v) is 4.74. The summed E-state index contributed by atoms with van der Waals surface area (Å²) in [6.07, 6.45) is 0.811. The Balaban J connectivity index is 1.95. The Kier molecular flexibility index (Phi) is 2.99. The fourth-order valence-electron chi connectivity index (χ4n) is 2.06. The molecule has 2 aromatic carbocycles. The van der Waals surface area contributed by atoms with Crippen molar-refractivity contribution in [1.82, 2.24) is 4.98 Å². The van der Waals surface area contributed by atoms with Gasteiger partial charge in [-0.1, -0.05) is 48.0 Å². The summed E-state index contributed by atoms with van der Waals surface area (Å²) in [5, 5.41) is 1.95. The SMILES string of the molecule is Clc1cccc(Cc2ccc3ccccc3n2)c1. The molecule has 0 aliphatic carbocycles. The quantitative estimate of drug-likeness (QED) is 0.656. The molecule has 2 heteroatoms. The molecule has 18 heavy (non-hydrogen) atoms. The van der Waals surface area contributed by atoms with Gasteiger partial charge in [0.15, 0.2) is 0 Å². The number of halogens is 1. The van der Waals surface area contributed by atoms with E-state index in [4.69, 9.17) is 11.6 Å². The lowest BCUT2D eigenvalue weighted by Crippen LogP contribution is -1.92. The zero-order valence-electron chi connectivity index (χ0n) is 9.81. The minimum atomic E-state index is 0.772. The number of hydrogen-bond acceptors (Lipinski definition) is 1. The van der Waals surface area contributed by atoms with Crippen molar-refractivity contribution in [3.05, 3.63) is 76.9 Å². The van der Waals surface area contributed by atoms with Crippen LogP contribution in [0.15, 0.2) is 60.7 Å². The van der Waals surface area contributed by atoms with Crippen LogP contribution in [0.3, 0.4) is 0 Å². The van der Waals surface area contributed by atoms with Gasteiger partial charge in [0.05, 0.1) is 5.52 Å². The molecule has 1 nitrogen and oxygen atoms in total. The summed E-state index contributed by atoms with van der Waals surface area (Å²) in [5.74, 6) is 0. The van der Waals surface area contributed by atoms with E-state index in [2.05, 4.69) is 29.2 Å². The molecule has 0 aliphatic heterocycles. The predicted molar refractivity (Wildman–Crippen MR) is 76.0 cm³/mol. The molecular formula is C16H12ClN. The molecule has 0 bridgehead atoms. The summed E-state index contributed by atoms with van der Waals surface area (Å²) in [4.78, 5) is 4.66. The number of hydrogen-bond donors (Lipinski definition) is 0. The molecule has 0 N–H and O–H groups in total. The van der Waals surface area contributed by atoms with Crippen molar-refractivity contribution in [3.63, 3.8) is 0 Å². The molecular weight excluding hydrogens is 242 g/mol. The van der Waals surface area contributed by atoms with E-state index in [1.807, 2.05) is 36.4 Å². The first-order valence-corrected chi connectivity index (χ1v) is 6.28. The highest BCUT2D eigenvalue weighted by molar-refractivity contribution is 6.30. The third-order valence-electron chi connectivity index (χ3n) is 2.93. The molecule has 3 rings (SSSR count). The van der Waals surface area contributed by atoms with E-state index in [0.29, 0.717) is 0 Å². The first-order valence-electron chi connectivity index (χ1n) is 5.90. The van der Waals surface area contributed by atoms with Gasteiger partial charge in [0, 0.05) is 22.5 Å². The Morgan fingerprint density at radius 3 is 2.67 bits per heavy atom. The molecule has 0 saturated carbocycles. The van der Waals surface area contributed by atoms with Gasteiger partial charge in [-0.3, -0.25) is 4.98 Å². The molecule has 0 spiro atoms. The maximum absolute atomic E-state index is 5.99. The smallest absolute Gasteiger partial charge is 0.0705 e. The zero-order chi connectivity index (χ0) is 12.4. The number of nitrogens with zero attached hydrogens (tertiary/aromatic N) is 1. The van der Waals surface area contributed by atoms with Crippen LogP contribution in [0.4, 0.5) is 0 Å². The highest BCUT2D eigenvalue weighted by atomic mass is 35.5. The van der Waals surface area contributed by atoms with Crippen molar-refractivity contribution >= 4 is 22.5 Å². The third kappa shape index (κ3) is 2.36. The van der Waals surface area contributed by atoms with E-state index >= 15 is 0 Å². The molecule has 1 heterocycles. The minimum Gasteiger partial charge on any atom is -0.252 e. The molecule has 0 atom stereocenters. The van der Waals surface area contributed by atoms with E-state index < -0.39 is 0 Å². The highest BCUT2D eigenvalue weighted by Crippen LogP contribution is 2.16. The molecule has 0 radical (unpaired) electrons. The fraction of sp³-hybridized carbons (Fsp3) is 0.0625. The van der Waals surface area contributed by atoms with Gasteiger partial charge in [-0.25, -0.2) is 0 Å². The molecule has 0 amide bonds. The number of para-hydroxylation sites is 1. The zero-order valence-corrected chi connectivity index (χ0v) is 10.6. The van der Waals surface area contributed by atoms with E-state index in [9.17, 15) is 0 Å². The second-order valence-electron chi connectivity index (χ2n) is 4.30. The molecule has 88 valence electrons. The Morgan fingerprint density at radius 2 is 1.78 bits per heavy atom. The summed E-state index contributed by atoms with van der Waals surface area (Å²) < 4.78 is 0. The summed E-state index contributed by atoms with van der Waals surface area (Å²) in [5.41, 5.74) is 3.29. The minimum absolute atomic E-state index is 0.772. The third-order valence-corrected chi connectivity index (χ3v) is 3.17. The van der Waals surface area contributed by atoms with Crippen LogP contribution in [-0.4, -0.2) is 4.98 Å². The maximum atomic E-state index is 5.99. The van der Waals surface area contributed by atoms with Gasteiger partial charge >= 0.3 is 0 Å². The lowest BCUT2D eigenvalue weighted by atomic mass is 10.1. The number of pyridine rings is 1. The van der Waals surface area contributed by atoms with Crippen molar-refractivity contribution in [2.75, 3.05) is 0 Å². The first-order chi connectivity index (χ1) is 8.81. The van der Waals surface area contributed by atoms with Crippen LogP contribution < -0.4 is 0 Å². The molecule has 3 aromatic rings. The Morgan fingerprint density at radius 1 is 0.889 bits per heavy atom. The van der Waals surface area contributed by atoms with Crippen LogP contribution in [0.25, 0.3) is 10.9 Å². The Bertz CT molecular complexity index is 691. The monoisotopic (exact) mass is 253 g/mol. The predicted octanol–water partition coefficient (Wildman–Crippen LogP) is 4.48. The fourth-order valence-corrected chi connectivity index (χ4v) is 2.28. The van der Waals surface area contributed by atoms with Crippen LogP contribution in [0, 0.1) is 0 Å². The van der Waals surface area contributed by atoms with Gasteiger partial charge in [0.1, 0.15) is 0 Å². The summed E-state index contributed by atoms with van der Waals surface area (Å²) >= 11 is 5.99. The Hall–Kier alpha value is -1.86. The van der Waals surface area contributed by atoms with Gasteiger partial charge in [-0.05, 0) is 29.8 Å². The van der Waals surface area contributed by atoms with E-state index in [1.165, 1.54) is 10.9 Å². The summed E-state index contributed by atoms with van der Waals surface area (Å²) in [7, 11) is 0. The van der Waals surface area contributed by atoms with E-state index in [1.54, 1.807) is 0 Å². The highest BCUT2D eigenvalue weighted by Gasteiger charge is 2.00. The number of rotatable bonds is 2. The average Bonchev–Trinajstić information content (AvgIpc) is 2.39. The molecule has 0 saturated heterocycles. The van der Waals surface area contributed by atoms with Gasteiger partial charge < -0.3 is 0 Å². The van der Waals surface area contributed by atoms with E-state index in [0.717, 1.165) is 22.7 Å². The normalized spacial score (nSPS) is 10.7. The lowest BCUT2D eigenvalue weighted by Gasteiger charge is -2.03. The van der Waals surface area contributed by atoms with Crippen LogP contribution in [0.1, 0.15) is 11.3 Å². The van der Waals surface area contributed by atoms with Crippen LogP contribution in [0.5, 0.6) is 0 Å². The summed E-state index contributed by atoms with van der Waals surface area (Å²) in [6.45, 7) is 0. The van der Waals surface area contributed by atoms with Crippen LogP contribution >= 0.6 is 11.6 Å². The molecule has 1 aromatic heterocycles. The van der Waals surface area contributed by atoms with Crippen molar-refractivity contribution in [3.8, 4) is 0 Å². The van der Waals surface area contributed by atoms with E-state index in [-0.39, 0.29) is 0 Å². The number of fused-ring (bicyclic) bond motifs is 1.